The number of hydrogen-bond donors (Lipinski definition) is 1. The van der Waals surface area contributed by atoms with Crippen molar-refractivity contribution in [2.75, 3.05) is 5.32 Å². The van der Waals surface area contributed by atoms with Crippen LogP contribution >= 0.6 is 0 Å². The van der Waals surface area contributed by atoms with Gasteiger partial charge in [0.1, 0.15) is 11.3 Å². The predicted molar refractivity (Wildman–Crippen MR) is 90.6 cm³/mol. The number of imidazole rings is 1. The molecule has 0 unspecified atom stereocenters. The van der Waals surface area contributed by atoms with Gasteiger partial charge in [0.05, 0.1) is 0 Å². The van der Waals surface area contributed by atoms with Gasteiger partial charge in [0, 0.05) is 36.0 Å². The maximum absolute atomic E-state index is 12.3. The third-order valence-corrected chi connectivity index (χ3v) is 3.54. The lowest BCUT2D eigenvalue weighted by molar-refractivity contribution is 0.102. The van der Waals surface area contributed by atoms with E-state index in [1.54, 1.807) is 29.1 Å². The molecule has 24 heavy (non-hydrogen) atoms. The summed E-state index contributed by atoms with van der Waals surface area (Å²) in [6.45, 7) is 0. The molecular formula is C18H13N5O. The molecule has 6 nitrogen and oxygen atoms in total. The number of fused-ring (bicyclic) bond motifs is 1. The molecule has 6 heteroatoms. The molecule has 0 bridgehead atoms. The van der Waals surface area contributed by atoms with E-state index in [4.69, 9.17) is 0 Å². The minimum absolute atomic E-state index is 0.248. The summed E-state index contributed by atoms with van der Waals surface area (Å²) in [6, 6.07) is 14.8. The summed E-state index contributed by atoms with van der Waals surface area (Å²) in [6.07, 6.45) is 6.94. The molecule has 0 atom stereocenters. The van der Waals surface area contributed by atoms with Crippen molar-refractivity contribution in [2.24, 2.45) is 0 Å². The first-order chi connectivity index (χ1) is 11.8. The molecule has 0 spiro atoms. The highest BCUT2D eigenvalue weighted by Gasteiger charge is 2.12. The number of amides is 1. The summed E-state index contributed by atoms with van der Waals surface area (Å²) in [5.41, 5.74) is 2.63. The average molecular weight is 315 g/mol. The monoisotopic (exact) mass is 315 g/mol. The number of nitrogens with zero attached hydrogens (tertiary/aromatic N) is 4. The molecule has 3 aromatic heterocycles. The molecule has 0 saturated heterocycles. The van der Waals surface area contributed by atoms with Crippen molar-refractivity contribution in [1.82, 2.24) is 19.4 Å². The third-order valence-electron chi connectivity index (χ3n) is 3.54. The lowest BCUT2D eigenvalue weighted by Crippen LogP contribution is -2.11. The lowest BCUT2D eigenvalue weighted by atomic mass is 10.2. The number of carbonyl (C=O) groups is 1. The van der Waals surface area contributed by atoms with Crippen molar-refractivity contribution < 1.29 is 4.79 Å². The molecule has 0 aliphatic carbocycles. The van der Waals surface area contributed by atoms with E-state index in [-0.39, 0.29) is 5.91 Å². The highest BCUT2D eigenvalue weighted by Crippen LogP contribution is 2.16. The number of rotatable bonds is 3. The number of pyridine rings is 1. The molecule has 0 saturated carbocycles. The topological polar surface area (TPSA) is 72.2 Å². The van der Waals surface area contributed by atoms with E-state index in [2.05, 4.69) is 20.3 Å². The fourth-order valence-corrected chi connectivity index (χ4v) is 2.40. The van der Waals surface area contributed by atoms with E-state index in [1.165, 1.54) is 0 Å². The summed E-state index contributed by atoms with van der Waals surface area (Å²) < 4.78 is 1.80. The second kappa shape index (κ2) is 5.92. The van der Waals surface area contributed by atoms with Crippen molar-refractivity contribution in [3.63, 3.8) is 0 Å². The molecular weight excluding hydrogens is 302 g/mol. The van der Waals surface area contributed by atoms with Gasteiger partial charge in [0.25, 0.3) is 5.91 Å². The molecule has 1 amide bonds. The van der Waals surface area contributed by atoms with Gasteiger partial charge in [0.15, 0.2) is 5.82 Å². The second-order valence-electron chi connectivity index (χ2n) is 5.20. The van der Waals surface area contributed by atoms with E-state index in [0.29, 0.717) is 17.2 Å². The Morgan fingerprint density at radius 2 is 1.71 bits per heavy atom. The highest BCUT2D eigenvalue weighted by molar-refractivity contribution is 6.03. The fraction of sp³-hybridized carbons (Fsp3) is 0. The molecule has 1 N–H and O–H groups in total. The SMILES string of the molecule is O=C(Nc1ccccc1)c1cn2cc(-c3ncccn3)ccc2n1. The zero-order chi connectivity index (χ0) is 16.4. The fourth-order valence-electron chi connectivity index (χ4n) is 2.40. The van der Waals surface area contributed by atoms with Crippen molar-refractivity contribution in [3.05, 3.63) is 79.0 Å². The van der Waals surface area contributed by atoms with E-state index in [9.17, 15) is 4.79 Å². The zero-order valence-electron chi connectivity index (χ0n) is 12.6. The third kappa shape index (κ3) is 2.72. The number of benzene rings is 1. The normalized spacial score (nSPS) is 10.7. The Kier molecular flexibility index (Phi) is 3.47. The number of para-hydroxylation sites is 1. The van der Waals surface area contributed by atoms with Crippen LogP contribution < -0.4 is 5.32 Å². The number of hydrogen-bond acceptors (Lipinski definition) is 4. The first-order valence-corrected chi connectivity index (χ1v) is 7.42. The quantitative estimate of drug-likeness (QED) is 0.631. The molecule has 4 aromatic rings. The summed E-state index contributed by atoms with van der Waals surface area (Å²) >= 11 is 0. The molecule has 0 radical (unpaired) electrons. The molecule has 0 fully saturated rings. The smallest absolute Gasteiger partial charge is 0.275 e. The van der Waals surface area contributed by atoms with E-state index < -0.39 is 0 Å². The van der Waals surface area contributed by atoms with E-state index in [1.807, 2.05) is 48.7 Å². The van der Waals surface area contributed by atoms with Gasteiger partial charge in [-0.2, -0.15) is 0 Å². The predicted octanol–water partition coefficient (Wildman–Crippen LogP) is 3.04. The number of aromatic nitrogens is 4. The van der Waals surface area contributed by atoms with Gasteiger partial charge in [-0.15, -0.1) is 0 Å². The van der Waals surface area contributed by atoms with Gasteiger partial charge in [-0.3, -0.25) is 4.79 Å². The summed E-state index contributed by atoms with van der Waals surface area (Å²) in [5, 5.41) is 2.83. The van der Waals surface area contributed by atoms with Crippen molar-refractivity contribution in [3.8, 4) is 11.4 Å². The number of nitrogens with one attached hydrogen (secondary N) is 1. The number of carbonyl (C=O) groups excluding carboxylic acids is 1. The van der Waals surface area contributed by atoms with Crippen LogP contribution in [0.5, 0.6) is 0 Å². The van der Waals surface area contributed by atoms with Crippen molar-refractivity contribution >= 4 is 17.2 Å². The Morgan fingerprint density at radius 1 is 0.917 bits per heavy atom. The molecule has 1 aromatic carbocycles. The summed E-state index contributed by atoms with van der Waals surface area (Å²) in [4.78, 5) is 25.1. The Morgan fingerprint density at radius 3 is 2.50 bits per heavy atom. The molecule has 0 aliphatic heterocycles. The Hall–Kier alpha value is -3.54. The van der Waals surface area contributed by atoms with Crippen molar-refractivity contribution in [1.29, 1.82) is 0 Å². The standard InChI is InChI=1S/C18H13N5O/c24-18(21-14-5-2-1-3-6-14)15-12-23-11-13(7-8-16(23)22-15)17-19-9-4-10-20-17/h1-12H,(H,21,24). The molecule has 116 valence electrons. The maximum atomic E-state index is 12.3. The van der Waals surface area contributed by atoms with Gasteiger partial charge in [0.2, 0.25) is 0 Å². The minimum atomic E-state index is -0.248. The maximum Gasteiger partial charge on any atom is 0.275 e. The molecule has 3 heterocycles. The van der Waals surface area contributed by atoms with Gasteiger partial charge < -0.3 is 9.72 Å². The van der Waals surface area contributed by atoms with Gasteiger partial charge >= 0.3 is 0 Å². The van der Waals surface area contributed by atoms with Crippen molar-refractivity contribution in [2.45, 2.75) is 0 Å². The summed E-state index contributed by atoms with van der Waals surface area (Å²) in [7, 11) is 0. The lowest BCUT2D eigenvalue weighted by Gasteiger charge is -2.01. The Labute approximate surface area is 137 Å². The van der Waals surface area contributed by atoms with Crippen LogP contribution in [0.25, 0.3) is 17.0 Å². The van der Waals surface area contributed by atoms with Gasteiger partial charge in [-0.1, -0.05) is 18.2 Å². The first kappa shape index (κ1) is 14.1. The largest absolute Gasteiger partial charge is 0.321 e. The van der Waals surface area contributed by atoms with Gasteiger partial charge in [-0.25, -0.2) is 15.0 Å². The molecule has 4 rings (SSSR count). The summed E-state index contributed by atoms with van der Waals surface area (Å²) in [5.74, 6) is 0.380. The van der Waals surface area contributed by atoms with E-state index in [0.717, 1.165) is 11.3 Å². The Balaban J connectivity index is 1.65. The highest BCUT2D eigenvalue weighted by atomic mass is 16.1. The number of anilines is 1. The van der Waals surface area contributed by atoms with E-state index >= 15 is 0 Å². The van der Waals surface area contributed by atoms with Crippen LogP contribution in [0.1, 0.15) is 10.5 Å². The average Bonchev–Trinajstić information content (AvgIpc) is 3.07. The van der Waals surface area contributed by atoms with Gasteiger partial charge in [-0.05, 0) is 30.3 Å². The first-order valence-electron chi connectivity index (χ1n) is 7.42. The molecule has 0 aliphatic rings. The zero-order valence-corrected chi connectivity index (χ0v) is 12.6. The van der Waals surface area contributed by atoms with Crippen LogP contribution in [-0.4, -0.2) is 25.3 Å². The van der Waals surface area contributed by atoms with Crippen LogP contribution in [0.3, 0.4) is 0 Å². The second-order valence-corrected chi connectivity index (χ2v) is 5.20. The Bertz CT molecular complexity index is 996. The van der Waals surface area contributed by atoms with Crippen LogP contribution in [0.2, 0.25) is 0 Å². The van der Waals surface area contributed by atoms with Crippen LogP contribution in [0.4, 0.5) is 5.69 Å². The van der Waals surface area contributed by atoms with Crippen LogP contribution in [0, 0.1) is 0 Å². The van der Waals surface area contributed by atoms with Crippen LogP contribution in [0.15, 0.2) is 73.3 Å². The van der Waals surface area contributed by atoms with Crippen LogP contribution in [-0.2, 0) is 0 Å². The minimum Gasteiger partial charge on any atom is -0.321 e.